The van der Waals surface area contributed by atoms with Gasteiger partial charge in [0.25, 0.3) is 5.91 Å². The van der Waals surface area contributed by atoms with Gasteiger partial charge in [-0.05, 0) is 31.0 Å². The molecule has 0 atom stereocenters. The Labute approximate surface area is 144 Å². The van der Waals surface area contributed by atoms with Crippen molar-refractivity contribution in [2.24, 2.45) is 11.3 Å². The molecule has 0 radical (unpaired) electrons. The summed E-state index contributed by atoms with van der Waals surface area (Å²) in [6, 6.07) is 5.25. The third-order valence-corrected chi connectivity index (χ3v) is 5.13. The van der Waals surface area contributed by atoms with E-state index in [0.717, 1.165) is 50.2 Å². The van der Waals surface area contributed by atoms with E-state index in [2.05, 4.69) is 20.8 Å². The Bertz CT molecular complexity index is 585. The van der Waals surface area contributed by atoms with E-state index < -0.39 is 0 Å². The number of nitrogens with two attached hydrogens (primary N) is 2. The van der Waals surface area contributed by atoms with Crippen molar-refractivity contribution >= 4 is 27.5 Å². The predicted molar refractivity (Wildman–Crippen MR) is 92.7 cm³/mol. The molecule has 2 fully saturated rings. The number of hydrogen-bond donors (Lipinski definition) is 2. The topological polar surface area (TPSA) is 84.8 Å². The summed E-state index contributed by atoms with van der Waals surface area (Å²) in [6.07, 6.45) is 2.22. The number of amides is 1. The van der Waals surface area contributed by atoms with Crippen LogP contribution in [0.15, 0.2) is 22.7 Å². The van der Waals surface area contributed by atoms with E-state index in [1.807, 2.05) is 6.07 Å². The second-order valence-electron chi connectivity index (χ2n) is 6.55. The van der Waals surface area contributed by atoms with E-state index in [0.29, 0.717) is 17.8 Å². The molecule has 0 bridgehead atoms. The number of anilines is 1. The first-order valence-corrected chi connectivity index (χ1v) is 8.70. The molecule has 1 heterocycles. The van der Waals surface area contributed by atoms with Gasteiger partial charge in [0.05, 0.1) is 18.8 Å². The van der Waals surface area contributed by atoms with Crippen LogP contribution >= 0.6 is 15.9 Å². The van der Waals surface area contributed by atoms with Crippen molar-refractivity contribution in [2.45, 2.75) is 12.8 Å². The zero-order valence-corrected chi connectivity index (χ0v) is 14.7. The standard InChI is InChI=1S/C16H23BrN4O2/c17-12-1-2-14(18)13(9-12)15(22)21(19)11-16(3-4-16)10-20-5-7-23-8-6-20/h1-2,9H,3-8,10-11,18-19H2. The van der Waals surface area contributed by atoms with Gasteiger partial charge >= 0.3 is 0 Å². The van der Waals surface area contributed by atoms with Crippen molar-refractivity contribution in [3.8, 4) is 0 Å². The number of carbonyl (C=O) groups is 1. The Balaban J connectivity index is 1.62. The van der Waals surface area contributed by atoms with Gasteiger partial charge < -0.3 is 10.5 Å². The molecule has 0 unspecified atom stereocenters. The van der Waals surface area contributed by atoms with Crippen LogP contribution in [-0.2, 0) is 4.74 Å². The fraction of sp³-hybridized carbons (Fsp3) is 0.562. The fourth-order valence-corrected chi connectivity index (χ4v) is 3.44. The normalized spacial score (nSPS) is 20.3. The molecule has 2 aliphatic rings. The van der Waals surface area contributed by atoms with E-state index in [4.69, 9.17) is 16.3 Å². The molecule has 7 heteroatoms. The minimum absolute atomic E-state index is 0.128. The summed E-state index contributed by atoms with van der Waals surface area (Å²) in [5.41, 5.74) is 6.94. The Morgan fingerprint density at radius 3 is 2.70 bits per heavy atom. The smallest absolute Gasteiger partial charge is 0.269 e. The van der Waals surface area contributed by atoms with Gasteiger partial charge in [-0.2, -0.15) is 0 Å². The lowest BCUT2D eigenvalue weighted by Gasteiger charge is -2.32. The second-order valence-corrected chi connectivity index (χ2v) is 7.47. The minimum atomic E-state index is -0.225. The maximum Gasteiger partial charge on any atom is 0.269 e. The predicted octanol–water partition coefficient (Wildman–Crippen LogP) is 1.46. The van der Waals surface area contributed by atoms with Crippen molar-refractivity contribution in [1.29, 1.82) is 0 Å². The highest BCUT2D eigenvalue weighted by molar-refractivity contribution is 9.10. The molecule has 1 aliphatic heterocycles. The second kappa shape index (κ2) is 6.76. The van der Waals surface area contributed by atoms with Crippen LogP contribution in [-0.4, -0.2) is 55.2 Å². The molecule has 1 amide bonds. The fourth-order valence-electron chi connectivity index (χ4n) is 3.08. The maximum absolute atomic E-state index is 12.6. The maximum atomic E-state index is 12.6. The number of halogens is 1. The molecule has 0 spiro atoms. The number of benzene rings is 1. The molecule has 1 aromatic carbocycles. The number of rotatable bonds is 5. The Morgan fingerprint density at radius 2 is 2.04 bits per heavy atom. The summed E-state index contributed by atoms with van der Waals surface area (Å²) in [6.45, 7) is 5.03. The Kier molecular flexibility index (Phi) is 4.91. The van der Waals surface area contributed by atoms with Crippen LogP contribution in [0.4, 0.5) is 5.69 Å². The molecule has 6 nitrogen and oxygen atoms in total. The van der Waals surface area contributed by atoms with Gasteiger partial charge in [-0.1, -0.05) is 15.9 Å². The number of ether oxygens (including phenoxy) is 1. The zero-order valence-electron chi connectivity index (χ0n) is 13.1. The van der Waals surface area contributed by atoms with Crippen LogP contribution in [0.5, 0.6) is 0 Å². The van der Waals surface area contributed by atoms with Gasteiger partial charge in [0.2, 0.25) is 0 Å². The number of carbonyl (C=O) groups excluding carboxylic acids is 1. The molecule has 1 aliphatic carbocycles. The highest BCUT2D eigenvalue weighted by Gasteiger charge is 2.45. The van der Waals surface area contributed by atoms with Gasteiger partial charge in [0.15, 0.2) is 0 Å². The average molecular weight is 383 g/mol. The lowest BCUT2D eigenvalue weighted by molar-refractivity contribution is 0.0241. The molecule has 126 valence electrons. The SMILES string of the molecule is Nc1ccc(Br)cc1C(=O)N(N)CC1(CN2CCOCC2)CC1. The lowest BCUT2D eigenvalue weighted by atomic mass is 10.1. The van der Waals surface area contributed by atoms with Crippen molar-refractivity contribution in [3.63, 3.8) is 0 Å². The van der Waals surface area contributed by atoms with Crippen LogP contribution in [0.3, 0.4) is 0 Å². The van der Waals surface area contributed by atoms with Crippen molar-refractivity contribution in [3.05, 3.63) is 28.2 Å². The molecule has 3 rings (SSSR count). The van der Waals surface area contributed by atoms with Gasteiger partial charge in [-0.15, -0.1) is 0 Å². The van der Waals surface area contributed by atoms with Gasteiger partial charge in [-0.25, -0.2) is 5.84 Å². The van der Waals surface area contributed by atoms with Crippen molar-refractivity contribution < 1.29 is 9.53 Å². The summed E-state index contributed by atoms with van der Waals surface area (Å²) in [7, 11) is 0. The molecule has 1 aromatic rings. The number of nitrogen functional groups attached to an aromatic ring is 1. The molecule has 1 saturated heterocycles. The third kappa shape index (κ3) is 4.03. The van der Waals surface area contributed by atoms with Crippen molar-refractivity contribution in [1.82, 2.24) is 9.91 Å². The highest BCUT2D eigenvalue weighted by atomic mass is 79.9. The summed E-state index contributed by atoms with van der Waals surface area (Å²) >= 11 is 3.37. The summed E-state index contributed by atoms with van der Waals surface area (Å²) in [5, 5.41) is 1.32. The first-order chi connectivity index (χ1) is 11.0. The van der Waals surface area contributed by atoms with E-state index in [-0.39, 0.29) is 11.3 Å². The largest absolute Gasteiger partial charge is 0.398 e. The number of morpholine rings is 1. The Morgan fingerprint density at radius 1 is 1.35 bits per heavy atom. The molecular formula is C16H23BrN4O2. The van der Waals surface area contributed by atoms with E-state index >= 15 is 0 Å². The highest BCUT2D eigenvalue weighted by Crippen LogP contribution is 2.46. The minimum Gasteiger partial charge on any atom is -0.398 e. The first-order valence-electron chi connectivity index (χ1n) is 7.91. The summed E-state index contributed by atoms with van der Waals surface area (Å²) in [4.78, 5) is 15.0. The Hall–Kier alpha value is -1.15. The van der Waals surface area contributed by atoms with Crippen LogP contribution in [0.1, 0.15) is 23.2 Å². The third-order valence-electron chi connectivity index (χ3n) is 4.63. The molecule has 4 N–H and O–H groups in total. The van der Waals surface area contributed by atoms with E-state index in [1.54, 1.807) is 12.1 Å². The molecule has 0 aromatic heterocycles. The van der Waals surface area contributed by atoms with E-state index in [9.17, 15) is 4.79 Å². The lowest BCUT2D eigenvalue weighted by Crippen LogP contribution is -2.47. The van der Waals surface area contributed by atoms with E-state index in [1.165, 1.54) is 5.01 Å². The molecule has 1 saturated carbocycles. The van der Waals surface area contributed by atoms with Gasteiger partial charge in [0.1, 0.15) is 0 Å². The van der Waals surface area contributed by atoms with Crippen molar-refractivity contribution in [2.75, 3.05) is 45.1 Å². The van der Waals surface area contributed by atoms with Gasteiger partial charge in [-0.3, -0.25) is 14.7 Å². The molecular weight excluding hydrogens is 360 g/mol. The zero-order chi connectivity index (χ0) is 16.4. The quantitative estimate of drug-likeness (QED) is 0.348. The number of hydrazine groups is 1. The molecule has 23 heavy (non-hydrogen) atoms. The summed E-state index contributed by atoms with van der Waals surface area (Å²) < 4.78 is 6.20. The van der Waals surface area contributed by atoms with Crippen LogP contribution in [0, 0.1) is 5.41 Å². The number of nitrogens with zero attached hydrogens (tertiary/aromatic N) is 2. The van der Waals surface area contributed by atoms with Crippen LogP contribution < -0.4 is 11.6 Å². The van der Waals surface area contributed by atoms with Crippen LogP contribution in [0.25, 0.3) is 0 Å². The summed E-state index contributed by atoms with van der Waals surface area (Å²) in [5.74, 6) is 5.84. The average Bonchev–Trinajstić information content (AvgIpc) is 3.29. The number of hydrogen-bond acceptors (Lipinski definition) is 5. The monoisotopic (exact) mass is 382 g/mol. The van der Waals surface area contributed by atoms with Crippen LogP contribution in [0.2, 0.25) is 0 Å². The first kappa shape index (κ1) is 16.7. The van der Waals surface area contributed by atoms with Gasteiger partial charge in [0, 0.05) is 41.8 Å².